The summed E-state index contributed by atoms with van der Waals surface area (Å²) < 4.78 is 44.9. The van der Waals surface area contributed by atoms with Crippen LogP contribution in [-0.2, 0) is 0 Å². The van der Waals surface area contributed by atoms with E-state index in [1.165, 1.54) is 19.0 Å². The molecule has 4 heterocycles. The quantitative estimate of drug-likeness (QED) is 0.520. The van der Waals surface area contributed by atoms with Crippen LogP contribution < -0.4 is 16.0 Å². The molecule has 0 amide bonds. The predicted octanol–water partition coefficient (Wildman–Crippen LogP) is 3.76. The monoisotopic (exact) mass is 442 g/mol. The minimum Gasteiger partial charge on any atom is -0.385 e. The molecule has 3 N–H and O–H groups in total. The molecule has 3 aromatic rings. The van der Waals surface area contributed by atoms with Crippen LogP contribution in [0.3, 0.4) is 0 Å². The summed E-state index contributed by atoms with van der Waals surface area (Å²) >= 11 is 0. The van der Waals surface area contributed by atoms with Gasteiger partial charge in [0.1, 0.15) is 17.5 Å². The number of aromatic nitrogens is 3. The van der Waals surface area contributed by atoms with Crippen molar-refractivity contribution in [2.24, 2.45) is 5.92 Å². The second-order valence-corrected chi connectivity index (χ2v) is 8.50. The summed E-state index contributed by atoms with van der Waals surface area (Å²) in [5.74, 6) is -1.13. The van der Waals surface area contributed by atoms with Crippen molar-refractivity contribution < 1.29 is 13.2 Å². The molecule has 0 aromatic carbocycles. The summed E-state index contributed by atoms with van der Waals surface area (Å²) in [5, 5.41) is 9.19. The van der Waals surface area contributed by atoms with Gasteiger partial charge in [-0.15, -0.1) is 0 Å². The Morgan fingerprint density at radius 2 is 2.06 bits per heavy atom. The smallest absolute Gasteiger partial charge is 0.168 e. The second kappa shape index (κ2) is 8.46. The van der Waals surface area contributed by atoms with Gasteiger partial charge in [-0.25, -0.2) is 23.1 Å². The highest BCUT2D eigenvalue weighted by Crippen LogP contribution is 2.29. The molecule has 1 saturated carbocycles. The lowest BCUT2D eigenvalue weighted by atomic mass is 10.1. The van der Waals surface area contributed by atoms with E-state index in [1.807, 2.05) is 12.1 Å². The van der Waals surface area contributed by atoms with Gasteiger partial charge in [0, 0.05) is 36.6 Å². The molecule has 3 aromatic heterocycles. The van der Waals surface area contributed by atoms with Gasteiger partial charge in [-0.1, -0.05) is 6.58 Å². The molecule has 9 heteroatoms. The summed E-state index contributed by atoms with van der Waals surface area (Å²) in [6.45, 7) is 5.90. The van der Waals surface area contributed by atoms with E-state index in [1.54, 1.807) is 10.6 Å². The van der Waals surface area contributed by atoms with Crippen molar-refractivity contribution in [1.29, 1.82) is 0 Å². The normalized spacial score (nSPS) is 21.0. The number of alkyl halides is 1. The van der Waals surface area contributed by atoms with E-state index in [4.69, 9.17) is 0 Å². The Morgan fingerprint density at radius 1 is 1.22 bits per heavy atom. The lowest BCUT2D eigenvalue weighted by molar-refractivity contribution is 0.240. The third kappa shape index (κ3) is 4.17. The number of piperidine rings is 1. The van der Waals surface area contributed by atoms with Crippen molar-refractivity contribution >= 4 is 17.2 Å². The molecule has 0 bridgehead atoms. The molecule has 0 unspecified atom stereocenters. The Bertz CT molecular complexity index is 1160. The van der Waals surface area contributed by atoms with Crippen molar-refractivity contribution in [2.75, 3.05) is 25.0 Å². The largest absolute Gasteiger partial charge is 0.385 e. The van der Waals surface area contributed by atoms with Crippen LogP contribution in [0.5, 0.6) is 0 Å². The molecule has 0 spiro atoms. The highest BCUT2D eigenvalue weighted by atomic mass is 19.1. The standard InChI is InChI=1S/C23H25F3N6/c1-13(28-10-14-2-3-14)15-5-7-32-20(12-29-21(32)8-15)22-17(25)9-18(26)23(31-22)30-19-11-27-6-4-16(19)24/h5,7-9,12,14,16,19,27-28H,1-4,6,10-11H2,(H,30,31)/t16-,19-/m1/s1. The molecule has 6 nitrogen and oxygen atoms in total. The van der Waals surface area contributed by atoms with Gasteiger partial charge in [0.05, 0.1) is 17.9 Å². The Morgan fingerprint density at radius 3 is 2.84 bits per heavy atom. The van der Waals surface area contributed by atoms with Gasteiger partial charge in [0.2, 0.25) is 0 Å². The Labute approximate surface area is 184 Å². The van der Waals surface area contributed by atoms with E-state index in [2.05, 4.69) is 32.5 Å². The first-order valence-corrected chi connectivity index (χ1v) is 10.9. The molecule has 2 aliphatic rings. The maximum Gasteiger partial charge on any atom is 0.168 e. The summed E-state index contributed by atoms with van der Waals surface area (Å²) in [5.41, 5.74) is 2.61. The zero-order valence-corrected chi connectivity index (χ0v) is 17.5. The van der Waals surface area contributed by atoms with E-state index in [-0.39, 0.29) is 11.5 Å². The molecule has 168 valence electrons. The molecule has 1 aliphatic carbocycles. The van der Waals surface area contributed by atoms with Gasteiger partial charge in [0.15, 0.2) is 17.5 Å². The Hall–Kier alpha value is -3.07. The number of nitrogens with one attached hydrogen (secondary N) is 3. The van der Waals surface area contributed by atoms with E-state index in [0.29, 0.717) is 30.9 Å². The number of halogens is 3. The van der Waals surface area contributed by atoms with Crippen LogP contribution in [0.2, 0.25) is 0 Å². The summed E-state index contributed by atoms with van der Waals surface area (Å²) in [6.07, 6.45) is 4.94. The molecule has 2 atom stereocenters. The van der Waals surface area contributed by atoms with Crippen molar-refractivity contribution in [3.05, 3.63) is 54.4 Å². The van der Waals surface area contributed by atoms with Gasteiger partial charge in [-0.2, -0.15) is 0 Å². The highest BCUT2D eigenvalue weighted by molar-refractivity contribution is 5.68. The van der Waals surface area contributed by atoms with Crippen LogP contribution in [0.4, 0.5) is 19.0 Å². The van der Waals surface area contributed by atoms with Crippen molar-refractivity contribution in [3.8, 4) is 11.4 Å². The average Bonchev–Trinajstić information content (AvgIpc) is 3.53. The van der Waals surface area contributed by atoms with Crippen LogP contribution in [-0.4, -0.2) is 46.2 Å². The fourth-order valence-electron chi connectivity index (χ4n) is 3.93. The first-order chi connectivity index (χ1) is 15.5. The minimum atomic E-state index is -1.14. The van der Waals surface area contributed by atoms with Crippen LogP contribution in [0.15, 0.2) is 37.2 Å². The van der Waals surface area contributed by atoms with Gasteiger partial charge in [0.25, 0.3) is 0 Å². The van der Waals surface area contributed by atoms with Crippen LogP contribution >= 0.6 is 0 Å². The number of nitrogens with zero attached hydrogens (tertiary/aromatic N) is 3. The Kier molecular flexibility index (Phi) is 5.50. The van der Waals surface area contributed by atoms with E-state index in [9.17, 15) is 13.2 Å². The van der Waals surface area contributed by atoms with Crippen molar-refractivity contribution in [2.45, 2.75) is 31.5 Å². The lowest BCUT2D eigenvalue weighted by Crippen LogP contribution is -2.46. The second-order valence-electron chi connectivity index (χ2n) is 8.50. The fraction of sp³-hybridized carbons (Fsp3) is 0.391. The van der Waals surface area contributed by atoms with E-state index < -0.39 is 23.8 Å². The third-order valence-electron chi connectivity index (χ3n) is 6.05. The van der Waals surface area contributed by atoms with Crippen LogP contribution in [0, 0.1) is 17.6 Å². The van der Waals surface area contributed by atoms with Crippen LogP contribution in [0.1, 0.15) is 24.8 Å². The van der Waals surface area contributed by atoms with Gasteiger partial charge >= 0.3 is 0 Å². The summed E-state index contributed by atoms with van der Waals surface area (Å²) in [7, 11) is 0. The molecular weight excluding hydrogens is 417 g/mol. The predicted molar refractivity (Wildman–Crippen MR) is 118 cm³/mol. The third-order valence-corrected chi connectivity index (χ3v) is 6.05. The molecule has 5 rings (SSSR count). The van der Waals surface area contributed by atoms with Crippen molar-refractivity contribution in [1.82, 2.24) is 25.0 Å². The number of anilines is 1. The minimum absolute atomic E-state index is 0.0565. The maximum absolute atomic E-state index is 14.7. The molecular formula is C23H25F3N6. The highest BCUT2D eigenvalue weighted by Gasteiger charge is 2.27. The summed E-state index contributed by atoms with van der Waals surface area (Å²) in [6, 6.07) is 3.85. The average molecular weight is 442 g/mol. The zero-order chi connectivity index (χ0) is 22.2. The first kappa shape index (κ1) is 20.8. The SMILES string of the molecule is C=C(NCC1CC1)c1ccn2c(-c3nc(N[C@@H]4CNCC[C@H]4F)c(F)cc3F)cnc2c1. The first-order valence-electron chi connectivity index (χ1n) is 10.9. The molecule has 0 radical (unpaired) electrons. The number of pyridine rings is 2. The summed E-state index contributed by atoms with van der Waals surface area (Å²) in [4.78, 5) is 8.53. The van der Waals surface area contributed by atoms with Crippen LogP contribution in [0.25, 0.3) is 22.7 Å². The fourth-order valence-corrected chi connectivity index (χ4v) is 3.93. The van der Waals surface area contributed by atoms with Crippen molar-refractivity contribution in [3.63, 3.8) is 0 Å². The molecule has 1 aliphatic heterocycles. The number of rotatable bonds is 7. The van der Waals surface area contributed by atoms with E-state index in [0.717, 1.165) is 29.8 Å². The number of fused-ring (bicyclic) bond motifs is 1. The van der Waals surface area contributed by atoms with Gasteiger partial charge in [-0.05, 0) is 43.9 Å². The van der Waals surface area contributed by atoms with E-state index >= 15 is 0 Å². The molecule has 32 heavy (non-hydrogen) atoms. The maximum atomic E-state index is 14.7. The van der Waals surface area contributed by atoms with Gasteiger partial charge < -0.3 is 16.0 Å². The Balaban J connectivity index is 1.43. The number of hydrogen-bond acceptors (Lipinski definition) is 5. The zero-order valence-electron chi connectivity index (χ0n) is 17.5. The number of imidazole rings is 1. The van der Waals surface area contributed by atoms with Gasteiger partial charge in [-0.3, -0.25) is 4.40 Å². The molecule has 1 saturated heterocycles. The number of hydrogen-bond donors (Lipinski definition) is 3. The lowest BCUT2D eigenvalue weighted by Gasteiger charge is -2.28. The topological polar surface area (TPSA) is 66.3 Å². The molecule has 2 fully saturated rings.